The summed E-state index contributed by atoms with van der Waals surface area (Å²) in [7, 11) is 0. The fraction of sp³-hybridized carbons (Fsp3) is 0.333. The molecule has 0 saturated heterocycles. The molecule has 0 saturated carbocycles. The largest absolute Gasteiger partial charge is 0.322 e. The van der Waals surface area contributed by atoms with Crippen LogP contribution < -0.4 is 5.73 Å². The molecule has 0 aliphatic rings. The van der Waals surface area contributed by atoms with Crippen molar-refractivity contribution >= 4 is 34.8 Å². The molecule has 0 unspecified atom stereocenters. The highest BCUT2D eigenvalue weighted by Crippen LogP contribution is 2.38. The average Bonchev–Trinajstić information content (AvgIpc) is 2.06. The van der Waals surface area contributed by atoms with E-state index in [0.29, 0.717) is 5.56 Å². The number of benzene rings is 1. The third-order valence-corrected chi connectivity index (χ3v) is 3.13. The molecule has 78 valence electrons. The molecular formula is C9H9Cl3FN. The smallest absolute Gasteiger partial charge is 0.143 e. The normalized spacial score (nSPS) is 11.9. The minimum atomic E-state index is -0.758. The minimum absolute atomic E-state index is 0.00172. The van der Waals surface area contributed by atoms with E-state index in [1.807, 2.05) is 0 Å². The Morgan fingerprint density at radius 1 is 1.14 bits per heavy atom. The Kier molecular flexibility index (Phi) is 3.32. The molecule has 0 spiro atoms. The van der Waals surface area contributed by atoms with Gasteiger partial charge in [0.2, 0.25) is 0 Å². The summed E-state index contributed by atoms with van der Waals surface area (Å²) in [6.45, 7) is 3.41. The number of rotatable bonds is 1. The minimum Gasteiger partial charge on any atom is -0.322 e. The molecule has 0 fully saturated rings. The number of hydrogen-bond acceptors (Lipinski definition) is 1. The lowest BCUT2D eigenvalue weighted by Crippen LogP contribution is -2.29. The molecule has 0 atom stereocenters. The maximum Gasteiger partial charge on any atom is 0.143 e. The number of nitrogens with two attached hydrogens (primary N) is 1. The van der Waals surface area contributed by atoms with Gasteiger partial charge in [0, 0.05) is 5.54 Å². The van der Waals surface area contributed by atoms with E-state index in [9.17, 15) is 4.39 Å². The summed E-state index contributed by atoms with van der Waals surface area (Å²) in [6, 6.07) is 1.20. The first kappa shape index (κ1) is 12.1. The molecule has 0 heterocycles. The van der Waals surface area contributed by atoms with Gasteiger partial charge in [-0.3, -0.25) is 0 Å². The van der Waals surface area contributed by atoms with Gasteiger partial charge in [-0.25, -0.2) is 4.39 Å². The van der Waals surface area contributed by atoms with Crippen LogP contribution >= 0.6 is 34.8 Å². The molecule has 0 aliphatic carbocycles. The Morgan fingerprint density at radius 3 is 2.07 bits per heavy atom. The second kappa shape index (κ2) is 3.86. The van der Waals surface area contributed by atoms with Crippen molar-refractivity contribution in [1.29, 1.82) is 0 Å². The summed E-state index contributed by atoms with van der Waals surface area (Å²) in [5.74, 6) is -0.616. The summed E-state index contributed by atoms with van der Waals surface area (Å²) < 4.78 is 13.2. The SMILES string of the molecule is CC(C)(N)c1cc(F)c(Cl)c(Cl)c1Cl. The summed E-state index contributed by atoms with van der Waals surface area (Å²) in [4.78, 5) is 0. The summed E-state index contributed by atoms with van der Waals surface area (Å²) in [5, 5.41) is 0.0251. The predicted molar refractivity (Wildman–Crippen MR) is 58.6 cm³/mol. The summed E-state index contributed by atoms with van der Waals surface area (Å²) >= 11 is 17.2. The van der Waals surface area contributed by atoms with Crippen LogP contribution in [0.5, 0.6) is 0 Å². The van der Waals surface area contributed by atoms with Crippen LogP contribution in [0.15, 0.2) is 6.07 Å². The standard InChI is InChI=1S/C9H9Cl3FN/c1-9(2,14)4-3-5(13)7(11)8(12)6(4)10/h3H,14H2,1-2H3. The average molecular weight is 257 g/mol. The van der Waals surface area contributed by atoms with E-state index in [0.717, 1.165) is 0 Å². The molecule has 0 amide bonds. The fourth-order valence-corrected chi connectivity index (χ4v) is 1.82. The van der Waals surface area contributed by atoms with Gasteiger partial charge >= 0.3 is 0 Å². The lowest BCUT2D eigenvalue weighted by atomic mass is 9.95. The maximum atomic E-state index is 13.2. The third kappa shape index (κ3) is 2.14. The van der Waals surface area contributed by atoms with Crippen LogP contribution in [0.3, 0.4) is 0 Å². The zero-order valence-electron chi connectivity index (χ0n) is 7.67. The predicted octanol–water partition coefficient (Wildman–Crippen LogP) is 3.98. The van der Waals surface area contributed by atoms with Crippen LogP contribution in [0.4, 0.5) is 4.39 Å². The molecule has 0 aromatic heterocycles. The van der Waals surface area contributed by atoms with Crippen molar-refractivity contribution in [1.82, 2.24) is 0 Å². The topological polar surface area (TPSA) is 26.0 Å². The number of hydrogen-bond donors (Lipinski definition) is 1. The van der Waals surface area contributed by atoms with Gasteiger partial charge in [0.25, 0.3) is 0 Å². The zero-order chi connectivity index (χ0) is 11.1. The second-order valence-electron chi connectivity index (χ2n) is 3.57. The van der Waals surface area contributed by atoms with Gasteiger partial charge in [-0.05, 0) is 25.5 Å². The van der Waals surface area contributed by atoms with Gasteiger partial charge < -0.3 is 5.73 Å². The highest BCUT2D eigenvalue weighted by molar-refractivity contribution is 6.48. The Balaban J connectivity index is 3.49. The lowest BCUT2D eigenvalue weighted by Gasteiger charge is -2.21. The Hall–Kier alpha value is -0.0200. The van der Waals surface area contributed by atoms with Gasteiger partial charge in [0.1, 0.15) is 5.82 Å². The molecule has 14 heavy (non-hydrogen) atoms. The first-order valence-electron chi connectivity index (χ1n) is 3.87. The molecule has 1 nitrogen and oxygen atoms in total. The van der Waals surface area contributed by atoms with Crippen LogP contribution in [0.1, 0.15) is 19.4 Å². The van der Waals surface area contributed by atoms with E-state index >= 15 is 0 Å². The van der Waals surface area contributed by atoms with Gasteiger partial charge in [-0.15, -0.1) is 0 Å². The highest BCUT2D eigenvalue weighted by atomic mass is 35.5. The van der Waals surface area contributed by atoms with Crippen molar-refractivity contribution in [3.63, 3.8) is 0 Å². The third-order valence-electron chi connectivity index (χ3n) is 1.80. The lowest BCUT2D eigenvalue weighted by molar-refractivity contribution is 0.544. The fourth-order valence-electron chi connectivity index (χ4n) is 1.04. The molecule has 2 N–H and O–H groups in total. The summed E-state index contributed by atoms with van der Waals surface area (Å²) in [6.07, 6.45) is 0. The molecule has 1 aromatic carbocycles. The molecule has 5 heteroatoms. The summed E-state index contributed by atoms with van der Waals surface area (Å²) in [5.41, 5.74) is 5.47. The van der Waals surface area contributed by atoms with E-state index in [1.165, 1.54) is 6.07 Å². The van der Waals surface area contributed by atoms with E-state index in [1.54, 1.807) is 13.8 Å². The van der Waals surface area contributed by atoms with Crippen LogP contribution in [0, 0.1) is 5.82 Å². The number of halogens is 4. The van der Waals surface area contributed by atoms with Crippen LogP contribution in [0.25, 0.3) is 0 Å². The monoisotopic (exact) mass is 255 g/mol. The van der Waals surface area contributed by atoms with Crippen LogP contribution in [-0.2, 0) is 5.54 Å². The van der Waals surface area contributed by atoms with Crippen LogP contribution in [0.2, 0.25) is 15.1 Å². The molecule has 1 aromatic rings. The molecular weight excluding hydrogens is 247 g/mol. The Morgan fingerprint density at radius 2 is 1.64 bits per heavy atom. The first-order valence-corrected chi connectivity index (χ1v) is 5.01. The second-order valence-corrected chi connectivity index (χ2v) is 4.70. The van der Waals surface area contributed by atoms with Crippen molar-refractivity contribution in [2.75, 3.05) is 0 Å². The van der Waals surface area contributed by atoms with Gasteiger partial charge in [-0.1, -0.05) is 34.8 Å². The van der Waals surface area contributed by atoms with E-state index < -0.39 is 11.4 Å². The van der Waals surface area contributed by atoms with Gasteiger partial charge in [0.05, 0.1) is 15.1 Å². The molecule has 0 bridgehead atoms. The van der Waals surface area contributed by atoms with Crippen molar-refractivity contribution in [2.45, 2.75) is 19.4 Å². The quantitative estimate of drug-likeness (QED) is 0.597. The van der Waals surface area contributed by atoms with E-state index in [4.69, 9.17) is 40.5 Å². The Bertz CT molecular complexity index is 371. The first-order chi connectivity index (χ1) is 6.25. The van der Waals surface area contributed by atoms with Crippen molar-refractivity contribution < 1.29 is 4.39 Å². The molecule has 1 rings (SSSR count). The van der Waals surface area contributed by atoms with E-state index in [-0.39, 0.29) is 15.1 Å². The molecule has 0 radical (unpaired) electrons. The van der Waals surface area contributed by atoms with Gasteiger partial charge in [0.15, 0.2) is 0 Å². The Labute approximate surface area is 96.9 Å². The van der Waals surface area contributed by atoms with Crippen molar-refractivity contribution in [3.05, 3.63) is 32.5 Å². The highest BCUT2D eigenvalue weighted by Gasteiger charge is 2.23. The van der Waals surface area contributed by atoms with Crippen molar-refractivity contribution in [3.8, 4) is 0 Å². The van der Waals surface area contributed by atoms with Crippen molar-refractivity contribution in [2.24, 2.45) is 5.73 Å². The van der Waals surface area contributed by atoms with E-state index in [2.05, 4.69) is 0 Å². The maximum absolute atomic E-state index is 13.2. The van der Waals surface area contributed by atoms with Crippen LogP contribution in [-0.4, -0.2) is 0 Å². The van der Waals surface area contributed by atoms with Gasteiger partial charge in [-0.2, -0.15) is 0 Å². The zero-order valence-corrected chi connectivity index (χ0v) is 9.93. The molecule has 0 aliphatic heterocycles.